The Balaban J connectivity index is 2.51. The molecule has 0 aromatic heterocycles. The van der Waals surface area contributed by atoms with E-state index in [0.29, 0.717) is 17.5 Å². The molecule has 0 saturated heterocycles. The quantitative estimate of drug-likeness (QED) is 0.438. The van der Waals surface area contributed by atoms with Crippen molar-refractivity contribution in [3.05, 3.63) is 32.8 Å². The van der Waals surface area contributed by atoms with E-state index in [4.69, 9.17) is 10.00 Å². The number of para-hydroxylation sites is 1. The zero-order chi connectivity index (χ0) is 15.9. The first kappa shape index (κ1) is 17.4. The number of hydrogen-bond donors (Lipinski definition) is 1. The maximum absolute atomic E-state index is 10.9. The van der Waals surface area contributed by atoms with Crippen molar-refractivity contribution < 1.29 is 9.66 Å². The third-order valence-corrected chi connectivity index (χ3v) is 3.88. The van der Waals surface area contributed by atoms with E-state index in [0.717, 1.165) is 12.8 Å². The van der Waals surface area contributed by atoms with E-state index in [9.17, 15) is 10.1 Å². The number of ether oxygens (including phenoxy) is 1. The van der Waals surface area contributed by atoms with Crippen molar-refractivity contribution >= 4 is 21.6 Å². The first-order chi connectivity index (χ1) is 9.93. The molecule has 0 fully saturated rings. The molecule has 0 aliphatic carbocycles. The molecule has 1 N–H and O–H groups in total. The maximum atomic E-state index is 10.9. The van der Waals surface area contributed by atoms with Gasteiger partial charge < -0.3 is 10.1 Å². The molecule has 0 saturated carbocycles. The van der Waals surface area contributed by atoms with Crippen LogP contribution in [-0.4, -0.2) is 24.1 Å². The summed E-state index contributed by atoms with van der Waals surface area (Å²) in [6.07, 6.45) is 2.21. The Morgan fingerprint density at radius 2 is 2.24 bits per heavy atom. The molecule has 7 heteroatoms. The van der Waals surface area contributed by atoms with Crippen LogP contribution in [0, 0.1) is 21.4 Å². The van der Waals surface area contributed by atoms with Gasteiger partial charge in [0.15, 0.2) is 0 Å². The van der Waals surface area contributed by atoms with Gasteiger partial charge in [0.05, 0.1) is 22.1 Å². The van der Waals surface area contributed by atoms with Crippen LogP contribution in [-0.2, 0) is 0 Å². The average molecular weight is 356 g/mol. The smallest absolute Gasteiger partial charge is 0.312 e. The summed E-state index contributed by atoms with van der Waals surface area (Å²) in [5, 5.41) is 22.9. The van der Waals surface area contributed by atoms with E-state index in [2.05, 4.69) is 27.3 Å². The van der Waals surface area contributed by atoms with Crippen molar-refractivity contribution in [2.75, 3.05) is 13.7 Å². The van der Waals surface area contributed by atoms with Crippen LogP contribution in [0.2, 0.25) is 0 Å². The molecular weight excluding hydrogens is 338 g/mol. The molecule has 0 aliphatic heterocycles. The molecular formula is C14H18BrN3O3. The summed E-state index contributed by atoms with van der Waals surface area (Å²) >= 11 is 3.26. The summed E-state index contributed by atoms with van der Waals surface area (Å²) in [5.74, 6) is 0.249. The molecule has 0 amide bonds. The predicted octanol–water partition coefficient (Wildman–Crippen LogP) is 3.41. The van der Waals surface area contributed by atoms with E-state index in [1.807, 2.05) is 6.92 Å². The van der Waals surface area contributed by atoms with Gasteiger partial charge in [-0.05, 0) is 55.2 Å². The Hall–Kier alpha value is -1.65. The topological polar surface area (TPSA) is 88.2 Å². The molecule has 1 aromatic rings. The highest BCUT2D eigenvalue weighted by molar-refractivity contribution is 9.10. The van der Waals surface area contributed by atoms with Gasteiger partial charge in [-0.1, -0.05) is 6.07 Å². The molecule has 114 valence electrons. The SMILES string of the molecule is CNC(C)(C#N)CCCCOc1c(Br)cccc1[N+](=O)[O-]. The molecule has 0 aliphatic rings. The van der Waals surface area contributed by atoms with Crippen molar-refractivity contribution in [2.24, 2.45) is 0 Å². The van der Waals surface area contributed by atoms with E-state index in [-0.39, 0.29) is 11.4 Å². The molecule has 0 spiro atoms. The Morgan fingerprint density at radius 3 is 2.81 bits per heavy atom. The molecule has 0 radical (unpaired) electrons. The predicted molar refractivity (Wildman–Crippen MR) is 83.2 cm³/mol. The number of halogens is 1. The lowest BCUT2D eigenvalue weighted by molar-refractivity contribution is -0.386. The lowest BCUT2D eigenvalue weighted by Crippen LogP contribution is -2.37. The minimum Gasteiger partial charge on any atom is -0.486 e. The summed E-state index contributed by atoms with van der Waals surface area (Å²) in [4.78, 5) is 10.5. The standard InChI is InChI=1S/C14H18BrN3O3/c1-14(10-16,17-2)8-3-4-9-21-13-11(15)6-5-7-12(13)18(19)20/h5-7,17H,3-4,8-9H2,1-2H3. The summed E-state index contributed by atoms with van der Waals surface area (Å²) < 4.78 is 6.08. The van der Waals surface area contributed by atoms with Crippen molar-refractivity contribution in [1.82, 2.24) is 5.32 Å². The van der Waals surface area contributed by atoms with E-state index < -0.39 is 10.5 Å². The van der Waals surface area contributed by atoms with E-state index in [1.165, 1.54) is 6.07 Å². The number of nitrogens with zero attached hydrogens (tertiary/aromatic N) is 2. The Morgan fingerprint density at radius 1 is 1.52 bits per heavy atom. The van der Waals surface area contributed by atoms with E-state index in [1.54, 1.807) is 19.2 Å². The van der Waals surface area contributed by atoms with Gasteiger partial charge in [0, 0.05) is 6.07 Å². The molecule has 1 aromatic carbocycles. The highest BCUT2D eigenvalue weighted by Crippen LogP contribution is 2.34. The van der Waals surface area contributed by atoms with Crippen LogP contribution in [0.5, 0.6) is 5.75 Å². The van der Waals surface area contributed by atoms with Crippen LogP contribution in [0.15, 0.2) is 22.7 Å². The zero-order valence-corrected chi connectivity index (χ0v) is 13.6. The fourth-order valence-corrected chi connectivity index (χ4v) is 2.25. The summed E-state index contributed by atoms with van der Waals surface area (Å²) in [6.45, 7) is 2.21. The number of nitrogens with one attached hydrogen (secondary N) is 1. The summed E-state index contributed by atoms with van der Waals surface area (Å²) in [7, 11) is 1.75. The van der Waals surface area contributed by atoms with Crippen LogP contribution >= 0.6 is 15.9 Å². The third-order valence-electron chi connectivity index (χ3n) is 3.26. The first-order valence-corrected chi connectivity index (χ1v) is 7.38. The van der Waals surface area contributed by atoms with Gasteiger partial charge in [0.1, 0.15) is 5.54 Å². The maximum Gasteiger partial charge on any atom is 0.312 e. The third kappa shape index (κ3) is 4.99. The largest absolute Gasteiger partial charge is 0.486 e. The van der Waals surface area contributed by atoms with E-state index >= 15 is 0 Å². The van der Waals surface area contributed by atoms with Gasteiger partial charge in [0.25, 0.3) is 0 Å². The number of benzene rings is 1. The number of rotatable bonds is 8. The number of nitro groups is 1. The van der Waals surface area contributed by atoms with Crippen molar-refractivity contribution in [1.29, 1.82) is 5.26 Å². The highest BCUT2D eigenvalue weighted by Gasteiger charge is 2.20. The molecule has 6 nitrogen and oxygen atoms in total. The van der Waals surface area contributed by atoms with Crippen LogP contribution in [0.25, 0.3) is 0 Å². The lowest BCUT2D eigenvalue weighted by atomic mass is 9.97. The van der Waals surface area contributed by atoms with Gasteiger partial charge in [-0.15, -0.1) is 0 Å². The fourth-order valence-electron chi connectivity index (χ4n) is 1.78. The number of nitriles is 1. The minimum absolute atomic E-state index is 0.0542. The van der Waals surface area contributed by atoms with Crippen molar-refractivity contribution in [3.8, 4) is 11.8 Å². The number of unbranched alkanes of at least 4 members (excludes halogenated alkanes) is 1. The lowest BCUT2D eigenvalue weighted by Gasteiger charge is -2.20. The summed E-state index contributed by atoms with van der Waals surface area (Å²) in [6, 6.07) is 6.93. The minimum atomic E-state index is -0.542. The Bertz CT molecular complexity index is 545. The van der Waals surface area contributed by atoms with Crippen LogP contribution in [0.1, 0.15) is 26.2 Å². The number of nitro benzene ring substituents is 1. The Labute approximate surface area is 132 Å². The van der Waals surface area contributed by atoms with Gasteiger partial charge >= 0.3 is 5.69 Å². The number of hydrogen-bond acceptors (Lipinski definition) is 5. The van der Waals surface area contributed by atoms with Crippen molar-refractivity contribution in [3.63, 3.8) is 0 Å². The zero-order valence-electron chi connectivity index (χ0n) is 12.1. The molecule has 1 rings (SSSR count). The first-order valence-electron chi connectivity index (χ1n) is 6.59. The normalized spacial score (nSPS) is 13.2. The second kappa shape index (κ2) is 7.96. The van der Waals surface area contributed by atoms with Crippen molar-refractivity contribution in [2.45, 2.75) is 31.7 Å². The molecule has 0 bridgehead atoms. The molecule has 1 atom stereocenters. The van der Waals surface area contributed by atoms with Crippen LogP contribution in [0.4, 0.5) is 5.69 Å². The second-order valence-electron chi connectivity index (χ2n) is 4.84. The average Bonchev–Trinajstić information content (AvgIpc) is 2.47. The Kier molecular flexibility index (Phi) is 6.59. The fraction of sp³-hybridized carbons (Fsp3) is 0.500. The van der Waals surface area contributed by atoms with Gasteiger partial charge in [-0.2, -0.15) is 5.26 Å². The van der Waals surface area contributed by atoms with Crippen LogP contribution < -0.4 is 10.1 Å². The molecule has 21 heavy (non-hydrogen) atoms. The molecule has 0 heterocycles. The second-order valence-corrected chi connectivity index (χ2v) is 5.70. The monoisotopic (exact) mass is 355 g/mol. The summed E-state index contributed by atoms with van der Waals surface area (Å²) in [5.41, 5.74) is -0.597. The molecule has 1 unspecified atom stereocenters. The van der Waals surface area contributed by atoms with Gasteiger partial charge in [-0.3, -0.25) is 10.1 Å². The van der Waals surface area contributed by atoms with Gasteiger partial charge in [0.2, 0.25) is 5.75 Å². The van der Waals surface area contributed by atoms with Crippen LogP contribution in [0.3, 0.4) is 0 Å². The highest BCUT2D eigenvalue weighted by atomic mass is 79.9. The van der Waals surface area contributed by atoms with Gasteiger partial charge in [-0.25, -0.2) is 0 Å².